The number of nitrogens with zero attached hydrogens (tertiary/aromatic N) is 2. The van der Waals surface area contributed by atoms with Gasteiger partial charge < -0.3 is 10.4 Å². The van der Waals surface area contributed by atoms with Crippen LogP contribution in [0.4, 0.5) is 5.82 Å². The molecule has 0 bridgehead atoms. The first-order valence-electron chi connectivity index (χ1n) is 6.09. The summed E-state index contributed by atoms with van der Waals surface area (Å²) in [5.41, 5.74) is 0.876. The van der Waals surface area contributed by atoms with E-state index in [9.17, 15) is 9.59 Å². The lowest BCUT2D eigenvalue weighted by Crippen LogP contribution is -2.13. The molecule has 2 aromatic heterocycles. The number of carboxylic acids is 1. The van der Waals surface area contributed by atoms with E-state index >= 15 is 0 Å². The van der Waals surface area contributed by atoms with Gasteiger partial charge in [0.25, 0.3) is 5.91 Å². The SMILES string of the molecule is O=C(O)c1cc(NC(=O)c2cccc3cccnc23)n[nH]1. The molecule has 0 unspecified atom stereocenters. The second kappa shape index (κ2) is 5.04. The van der Waals surface area contributed by atoms with Crippen LogP contribution in [0.5, 0.6) is 0 Å². The van der Waals surface area contributed by atoms with Crippen LogP contribution in [-0.4, -0.2) is 32.2 Å². The Bertz CT molecular complexity index is 836. The van der Waals surface area contributed by atoms with Crippen LogP contribution in [0.3, 0.4) is 0 Å². The number of nitrogens with one attached hydrogen (secondary N) is 2. The lowest BCUT2D eigenvalue weighted by Gasteiger charge is -2.05. The van der Waals surface area contributed by atoms with Gasteiger partial charge in [0.05, 0.1) is 11.1 Å². The Kier molecular flexibility index (Phi) is 3.07. The van der Waals surface area contributed by atoms with Gasteiger partial charge in [-0.25, -0.2) is 4.79 Å². The first-order chi connectivity index (χ1) is 10.1. The molecular weight excluding hydrogens is 272 g/mol. The van der Waals surface area contributed by atoms with Gasteiger partial charge >= 0.3 is 5.97 Å². The van der Waals surface area contributed by atoms with E-state index in [1.165, 1.54) is 6.07 Å². The van der Waals surface area contributed by atoms with E-state index in [1.807, 2.05) is 12.1 Å². The Labute approximate surface area is 118 Å². The van der Waals surface area contributed by atoms with Gasteiger partial charge in [-0.15, -0.1) is 0 Å². The molecule has 0 aliphatic rings. The minimum absolute atomic E-state index is 0.0960. The minimum atomic E-state index is -1.14. The van der Waals surface area contributed by atoms with Gasteiger partial charge in [0.2, 0.25) is 0 Å². The van der Waals surface area contributed by atoms with Gasteiger partial charge in [0.1, 0.15) is 5.69 Å². The lowest BCUT2D eigenvalue weighted by molar-refractivity contribution is 0.0690. The molecule has 3 rings (SSSR count). The zero-order valence-corrected chi connectivity index (χ0v) is 10.7. The largest absolute Gasteiger partial charge is 0.477 e. The van der Waals surface area contributed by atoms with Crippen molar-refractivity contribution in [2.75, 3.05) is 5.32 Å². The van der Waals surface area contributed by atoms with E-state index in [1.54, 1.807) is 24.4 Å². The smallest absolute Gasteiger partial charge is 0.353 e. The van der Waals surface area contributed by atoms with Gasteiger partial charge in [-0.2, -0.15) is 5.10 Å². The first kappa shape index (κ1) is 12.8. The van der Waals surface area contributed by atoms with Crippen molar-refractivity contribution < 1.29 is 14.7 Å². The summed E-state index contributed by atoms with van der Waals surface area (Å²) in [5, 5.41) is 18.2. The third-order valence-electron chi connectivity index (χ3n) is 2.93. The number of benzene rings is 1. The Morgan fingerprint density at radius 3 is 2.76 bits per heavy atom. The van der Waals surface area contributed by atoms with Crippen molar-refractivity contribution in [3.05, 3.63) is 53.9 Å². The van der Waals surface area contributed by atoms with E-state index in [4.69, 9.17) is 5.11 Å². The van der Waals surface area contributed by atoms with Crippen LogP contribution in [0.25, 0.3) is 10.9 Å². The van der Waals surface area contributed by atoms with Crippen molar-refractivity contribution in [3.63, 3.8) is 0 Å². The lowest BCUT2D eigenvalue weighted by atomic mass is 10.1. The highest BCUT2D eigenvalue weighted by atomic mass is 16.4. The molecule has 1 amide bonds. The number of carboxylic acid groups (broad SMARTS) is 1. The molecule has 3 aromatic rings. The molecule has 0 aliphatic heterocycles. The van der Waals surface area contributed by atoms with Crippen molar-refractivity contribution in [1.29, 1.82) is 0 Å². The summed E-state index contributed by atoms with van der Waals surface area (Å²) in [4.78, 5) is 27.2. The van der Waals surface area contributed by atoms with E-state index in [0.717, 1.165) is 5.39 Å². The van der Waals surface area contributed by atoms with Gasteiger partial charge in [-0.3, -0.25) is 14.9 Å². The third kappa shape index (κ3) is 2.44. The Morgan fingerprint density at radius 1 is 1.19 bits per heavy atom. The van der Waals surface area contributed by atoms with Crippen LogP contribution in [0.2, 0.25) is 0 Å². The normalized spacial score (nSPS) is 10.5. The number of pyridine rings is 1. The quantitative estimate of drug-likeness (QED) is 0.680. The molecule has 2 heterocycles. The number of H-pyrrole nitrogens is 1. The molecule has 0 fully saturated rings. The van der Waals surface area contributed by atoms with Crippen molar-refractivity contribution in [3.8, 4) is 0 Å². The fourth-order valence-electron chi connectivity index (χ4n) is 1.97. The molecule has 0 saturated carbocycles. The molecule has 0 aliphatic carbocycles. The Hall–Kier alpha value is -3.22. The number of carbonyl (C=O) groups is 2. The van der Waals surface area contributed by atoms with Crippen molar-refractivity contribution in [2.45, 2.75) is 0 Å². The second-order valence-corrected chi connectivity index (χ2v) is 4.31. The van der Waals surface area contributed by atoms with Gasteiger partial charge in [-0.1, -0.05) is 18.2 Å². The number of amides is 1. The minimum Gasteiger partial charge on any atom is -0.477 e. The van der Waals surface area contributed by atoms with E-state index in [0.29, 0.717) is 11.1 Å². The standard InChI is InChI=1S/C14H10N4O3/c19-13(16-11-7-10(14(20)21)17-18-11)9-5-1-3-8-4-2-6-15-12(8)9/h1-7H,(H,20,21)(H2,16,17,18,19). The summed E-state index contributed by atoms with van der Waals surface area (Å²) in [6.07, 6.45) is 1.61. The number of rotatable bonds is 3. The molecule has 104 valence electrons. The first-order valence-corrected chi connectivity index (χ1v) is 6.09. The summed E-state index contributed by atoms with van der Waals surface area (Å²) in [6, 6.07) is 10.2. The third-order valence-corrected chi connectivity index (χ3v) is 2.93. The maximum Gasteiger partial charge on any atom is 0.353 e. The highest BCUT2D eigenvalue weighted by Crippen LogP contribution is 2.17. The average molecular weight is 282 g/mol. The number of aromatic amines is 1. The van der Waals surface area contributed by atoms with Crippen molar-refractivity contribution in [1.82, 2.24) is 15.2 Å². The number of para-hydroxylation sites is 1. The van der Waals surface area contributed by atoms with Gasteiger partial charge in [0.15, 0.2) is 5.82 Å². The number of hydrogen-bond acceptors (Lipinski definition) is 4. The second-order valence-electron chi connectivity index (χ2n) is 4.31. The molecular formula is C14H10N4O3. The highest BCUT2D eigenvalue weighted by molar-refractivity contribution is 6.11. The van der Waals surface area contributed by atoms with Gasteiger partial charge in [0, 0.05) is 17.6 Å². The number of carbonyl (C=O) groups excluding carboxylic acids is 1. The van der Waals surface area contributed by atoms with Crippen LogP contribution in [0.1, 0.15) is 20.8 Å². The van der Waals surface area contributed by atoms with E-state index in [-0.39, 0.29) is 11.5 Å². The summed E-state index contributed by atoms with van der Waals surface area (Å²) < 4.78 is 0. The molecule has 3 N–H and O–H groups in total. The van der Waals surface area contributed by atoms with Crippen LogP contribution in [0, 0.1) is 0 Å². The Morgan fingerprint density at radius 2 is 2.00 bits per heavy atom. The van der Waals surface area contributed by atoms with Crippen LogP contribution < -0.4 is 5.32 Å². The van der Waals surface area contributed by atoms with Crippen molar-refractivity contribution >= 4 is 28.6 Å². The summed E-state index contributed by atoms with van der Waals surface area (Å²) in [5.74, 6) is -1.40. The van der Waals surface area contributed by atoms with E-state index < -0.39 is 11.9 Å². The predicted octanol–water partition coefficient (Wildman–Crippen LogP) is 1.91. The maximum atomic E-state index is 12.3. The molecule has 1 aromatic carbocycles. The zero-order valence-electron chi connectivity index (χ0n) is 10.7. The Balaban J connectivity index is 1.91. The number of fused-ring (bicyclic) bond motifs is 1. The summed E-state index contributed by atoms with van der Waals surface area (Å²) >= 11 is 0. The average Bonchev–Trinajstić information content (AvgIpc) is 2.95. The maximum absolute atomic E-state index is 12.3. The van der Waals surface area contributed by atoms with E-state index in [2.05, 4.69) is 20.5 Å². The van der Waals surface area contributed by atoms with Crippen molar-refractivity contribution in [2.24, 2.45) is 0 Å². The number of aromatic carboxylic acids is 1. The zero-order chi connectivity index (χ0) is 14.8. The molecule has 7 nitrogen and oxygen atoms in total. The van der Waals surface area contributed by atoms with Crippen LogP contribution in [0.15, 0.2) is 42.6 Å². The summed E-state index contributed by atoms with van der Waals surface area (Å²) in [6.45, 7) is 0. The molecule has 0 radical (unpaired) electrons. The number of aromatic nitrogens is 3. The monoisotopic (exact) mass is 282 g/mol. The predicted molar refractivity (Wildman–Crippen MR) is 75.2 cm³/mol. The number of hydrogen-bond donors (Lipinski definition) is 3. The fourth-order valence-corrected chi connectivity index (χ4v) is 1.97. The summed E-state index contributed by atoms with van der Waals surface area (Å²) in [7, 11) is 0. The van der Waals surface area contributed by atoms with Crippen LogP contribution in [-0.2, 0) is 0 Å². The highest BCUT2D eigenvalue weighted by Gasteiger charge is 2.14. The van der Waals surface area contributed by atoms with Crippen LogP contribution >= 0.6 is 0 Å². The fraction of sp³-hybridized carbons (Fsp3) is 0. The molecule has 0 atom stereocenters. The molecule has 0 saturated heterocycles. The molecule has 21 heavy (non-hydrogen) atoms. The number of anilines is 1. The topological polar surface area (TPSA) is 108 Å². The van der Waals surface area contributed by atoms with Gasteiger partial charge in [-0.05, 0) is 12.1 Å². The molecule has 0 spiro atoms. The molecule has 7 heteroatoms.